The van der Waals surface area contributed by atoms with Gasteiger partial charge in [0.05, 0.1) is 6.10 Å². The average molecular weight is 522 g/mol. The molecule has 0 heterocycles. The third kappa shape index (κ3) is 32.1. The summed E-state index contributed by atoms with van der Waals surface area (Å²) in [5.74, 6) is 0. The molecule has 0 saturated heterocycles. The van der Waals surface area contributed by atoms with Gasteiger partial charge >= 0.3 is 0 Å². The maximum Gasteiger partial charge on any atom is 0.0575 e. The van der Waals surface area contributed by atoms with E-state index in [0.717, 1.165) is 0 Å². The predicted molar refractivity (Wildman–Crippen MR) is 170 cm³/mol. The fraction of sp³-hybridized carbons (Fsp3) is 0.972. The first-order chi connectivity index (χ1) is 18.3. The fourth-order valence-electron chi connectivity index (χ4n) is 5.79. The molecule has 0 N–H and O–H groups in total. The minimum atomic E-state index is 0.469. The van der Waals surface area contributed by atoms with Crippen LogP contribution in [-0.4, -0.2) is 12.7 Å². The molecule has 0 rings (SSSR count). The van der Waals surface area contributed by atoms with Crippen LogP contribution in [0.2, 0.25) is 0 Å². The maximum atomic E-state index is 5.96. The van der Waals surface area contributed by atoms with Gasteiger partial charge in [-0.1, -0.05) is 200 Å². The number of rotatable bonds is 33. The van der Waals surface area contributed by atoms with Crippen molar-refractivity contribution in [2.24, 2.45) is 0 Å². The minimum absolute atomic E-state index is 0.469. The van der Waals surface area contributed by atoms with Gasteiger partial charge in [-0.05, 0) is 19.8 Å². The molecule has 0 aliphatic heterocycles. The van der Waals surface area contributed by atoms with E-state index in [2.05, 4.69) is 20.8 Å². The van der Waals surface area contributed by atoms with Crippen LogP contribution in [0.1, 0.15) is 213 Å². The Labute approximate surface area is 237 Å². The zero-order chi connectivity index (χ0) is 26.9. The highest BCUT2D eigenvalue weighted by atomic mass is 16.5. The van der Waals surface area contributed by atoms with Crippen LogP contribution in [0.15, 0.2) is 0 Å². The van der Waals surface area contributed by atoms with Gasteiger partial charge < -0.3 is 4.74 Å². The van der Waals surface area contributed by atoms with Crippen molar-refractivity contribution in [2.75, 3.05) is 6.61 Å². The molecule has 0 amide bonds. The second kappa shape index (κ2) is 34.0. The van der Waals surface area contributed by atoms with E-state index in [1.54, 1.807) is 0 Å². The summed E-state index contributed by atoms with van der Waals surface area (Å²) in [4.78, 5) is 0. The number of hydrogen-bond donors (Lipinski definition) is 0. The van der Waals surface area contributed by atoms with Gasteiger partial charge in [-0.2, -0.15) is 0 Å². The molecule has 1 radical (unpaired) electrons. The van der Waals surface area contributed by atoms with E-state index < -0.39 is 0 Å². The topological polar surface area (TPSA) is 9.23 Å². The lowest BCUT2D eigenvalue weighted by Gasteiger charge is -2.17. The monoisotopic (exact) mass is 522 g/mol. The summed E-state index contributed by atoms with van der Waals surface area (Å²) in [7, 11) is 0. The van der Waals surface area contributed by atoms with Crippen LogP contribution in [0.4, 0.5) is 0 Å². The van der Waals surface area contributed by atoms with Gasteiger partial charge in [-0.25, -0.2) is 0 Å². The number of hydrogen-bond acceptors (Lipinski definition) is 1. The van der Waals surface area contributed by atoms with E-state index in [0.29, 0.717) is 12.7 Å². The summed E-state index contributed by atoms with van der Waals surface area (Å²) in [6, 6.07) is 0. The Bertz CT molecular complexity index is 379. The molecule has 1 atom stereocenters. The summed E-state index contributed by atoms with van der Waals surface area (Å²) >= 11 is 0. The Hall–Kier alpha value is -0.0400. The quantitative estimate of drug-likeness (QED) is 0.0780. The van der Waals surface area contributed by atoms with Gasteiger partial charge in [0.1, 0.15) is 0 Å². The second-order valence-electron chi connectivity index (χ2n) is 12.1. The van der Waals surface area contributed by atoms with Crippen LogP contribution in [0.5, 0.6) is 0 Å². The van der Waals surface area contributed by atoms with Crippen molar-refractivity contribution in [3.05, 3.63) is 6.92 Å². The largest absolute Gasteiger partial charge is 0.378 e. The first-order valence-corrected chi connectivity index (χ1v) is 17.8. The highest BCUT2D eigenvalue weighted by Crippen LogP contribution is 2.18. The normalized spacial score (nSPS) is 12.4. The molecule has 0 aliphatic carbocycles. The summed E-state index contributed by atoms with van der Waals surface area (Å²) in [6.07, 6.45) is 44.7. The third-order valence-electron chi connectivity index (χ3n) is 8.36. The Morgan fingerprint density at radius 2 is 0.568 bits per heavy atom. The molecule has 0 aliphatic rings. The summed E-state index contributed by atoms with van der Waals surface area (Å²) in [6.45, 7) is 9.19. The molecule has 0 saturated carbocycles. The lowest BCUT2D eigenvalue weighted by Crippen LogP contribution is -2.13. The second-order valence-corrected chi connectivity index (χ2v) is 12.1. The van der Waals surface area contributed by atoms with Crippen LogP contribution >= 0.6 is 0 Å². The molecular weight excluding hydrogens is 448 g/mol. The van der Waals surface area contributed by atoms with Crippen molar-refractivity contribution in [3.8, 4) is 0 Å². The number of ether oxygens (including phenoxy) is 1. The molecule has 1 nitrogen and oxygen atoms in total. The third-order valence-corrected chi connectivity index (χ3v) is 8.36. The van der Waals surface area contributed by atoms with Crippen LogP contribution in [0, 0.1) is 6.92 Å². The van der Waals surface area contributed by atoms with Crippen LogP contribution in [0.25, 0.3) is 0 Å². The molecule has 37 heavy (non-hydrogen) atoms. The molecule has 0 spiro atoms. The number of unbranched alkanes of at least 4 members (excludes halogenated alkanes) is 27. The minimum Gasteiger partial charge on any atom is -0.378 e. The standard InChI is InChI=1S/C36H73O/c1-4-7-9-11-13-15-17-19-21-23-25-27-29-31-33-35-36(37-6-3)34-32-30-28-26-24-22-20-18-16-14-12-10-8-5-2/h36H,3-35H2,1-2H3. The van der Waals surface area contributed by atoms with Crippen LogP contribution < -0.4 is 0 Å². The molecule has 0 aromatic rings. The van der Waals surface area contributed by atoms with Crippen LogP contribution in [0.3, 0.4) is 0 Å². The molecule has 0 fully saturated rings. The average Bonchev–Trinajstić information content (AvgIpc) is 2.91. The highest BCUT2D eigenvalue weighted by molar-refractivity contribution is 4.61. The van der Waals surface area contributed by atoms with Crippen molar-refractivity contribution in [1.82, 2.24) is 0 Å². The van der Waals surface area contributed by atoms with E-state index in [4.69, 9.17) is 4.74 Å². The lowest BCUT2D eigenvalue weighted by molar-refractivity contribution is 0.0563. The molecule has 0 aromatic heterocycles. The Morgan fingerprint density at radius 3 is 0.784 bits per heavy atom. The van der Waals surface area contributed by atoms with Crippen molar-refractivity contribution < 1.29 is 4.74 Å². The van der Waals surface area contributed by atoms with E-state index in [-0.39, 0.29) is 0 Å². The molecule has 0 aromatic carbocycles. The van der Waals surface area contributed by atoms with Crippen molar-refractivity contribution in [1.29, 1.82) is 0 Å². The molecule has 0 bridgehead atoms. The summed E-state index contributed by atoms with van der Waals surface area (Å²) in [5.41, 5.74) is 0. The lowest BCUT2D eigenvalue weighted by atomic mass is 10.0. The Morgan fingerprint density at radius 1 is 0.351 bits per heavy atom. The van der Waals surface area contributed by atoms with Gasteiger partial charge in [0.25, 0.3) is 0 Å². The van der Waals surface area contributed by atoms with E-state index >= 15 is 0 Å². The zero-order valence-electron chi connectivity index (χ0n) is 26.3. The zero-order valence-corrected chi connectivity index (χ0v) is 26.3. The smallest absolute Gasteiger partial charge is 0.0575 e. The van der Waals surface area contributed by atoms with Gasteiger partial charge in [-0.15, -0.1) is 0 Å². The summed E-state index contributed by atoms with van der Waals surface area (Å²) < 4.78 is 5.96. The Balaban J connectivity index is 3.36. The van der Waals surface area contributed by atoms with Gasteiger partial charge in [0.15, 0.2) is 0 Å². The van der Waals surface area contributed by atoms with E-state index in [9.17, 15) is 0 Å². The Kier molecular flexibility index (Phi) is 34.0. The van der Waals surface area contributed by atoms with Crippen LogP contribution in [-0.2, 0) is 4.74 Å². The first kappa shape index (κ1) is 37.0. The van der Waals surface area contributed by atoms with E-state index in [1.807, 2.05) is 0 Å². The molecule has 1 heteroatoms. The predicted octanol–water partition coefficient (Wildman–Crippen LogP) is 13.3. The molecular formula is C36H73O. The fourth-order valence-corrected chi connectivity index (χ4v) is 5.79. The van der Waals surface area contributed by atoms with Crippen molar-refractivity contribution in [3.63, 3.8) is 0 Å². The highest BCUT2D eigenvalue weighted by Gasteiger charge is 2.08. The van der Waals surface area contributed by atoms with Gasteiger partial charge in [0.2, 0.25) is 0 Å². The molecule has 1 unspecified atom stereocenters. The first-order valence-electron chi connectivity index (χ1n) is 17.8. The van der Waals surface area contributed by atoms with Gasteiger partial charge in [0, 0.05) is 6.61 Å². The van der Waals surface area contributed by atoms with Crippen molar-refractivity contribution in [2.45, 2.75) is 219 Å². The van der Waals surface area contributed by atoms with Crippen molar-refractivity contribution >= 4 is 0 Å². The van der Waals surface area contributed by atoms with E-state index in [1.165, 1.54) is 199 Å². The molecule has 223 valence electrons. The summed E-state index contributed by atoms with van der Waals surface area (Å²) in [5, 5.41) is 0. The van der Waals surface area contributed by atoms with Gasteiger partial charge in [-0.3, -0.25) is 0 Å². The maximum absolute atomic E-state index is 5.96. The SMILES string of the molecule is [CH2]COC(CCCCCCCCCCCCCCCC)CCCCCCCCCCCCCCCCC.